The molecule has 0 bridgehead atoms. The lowest BCUT2D eigenvalue weighted by Gasteiger charge is -2.37. The number of benzene rings is 2. The molecule has 33 heavy (non-hydrogen) atoms. The molecule has 0 aliphatic carbocycles. The summed E-state index contributed by atoms with van der Waals surface area (Å²) in [4.78, 5) is 9.58. The van der Waals surface area contributed by atoms with E-state index in [0.29, 0.717) is 23.8 Å². The first kappa shape index (κ1) is 26.7. The maximum Gasteiger partial charge on any atom is 0.203 e. The van der Waals surface area contributed by atoms with Gasteiger partial charge in [0.25, 0.3) is 0 Å². The average molecular weight is 570 g/mol. The maximum absolute atomic E-state index is 5.60. The predicted octanol–water partition coefficient (Wildman–Crippen LogP) is 3.63. The molecule has 0 saturated carbocycles. The molecule has 0 amide bonds. The fourth-order valence-corrected chi connectivity index (χ4v) is 3.84. The van der Waals surface area contributed by atoms with E-state index in [4.69, 9.17) is 23.9 Å². The highest BCUT2D eigenvalue weighted by Gasteiger charge is 2.21. The number of halogens is 1. The van der Waals surface area contributed by atoms with Gasteiger partial charge in [-0.05, 0) is 43.3 Å². The molecule has 9 heteroatoms. The van der Waals surface area contributed by atoms with Gasteiger partial charge in [0.1, 0.15) is 5.75 Å². The van der Waals surface area contributed by atoms with Gasteiger partial charge in [-0.15, -0.1) is 24.0 Å². The number of nitrogens with one attached hydrogen (secondary N) is 1. The third-order valence-electron chi connectivity index (χ3n) is 5.54. The highest BCUT2D eigenvalue weighted by molar-refractivity contribution is 14.0. The van der Waals surface area contributed by atoms with Crippen molar-refractivity contribution in [3.8, 4) is 23.0 Å². The SMILES string of the molecule is CCNC(=NCc1ccc(OC)c(OC)c1OC)N1CCN(c2ccc(OC)cc2)CC1.I. The second kappa shape index (κ2) is 13.2. The van der Waals surface area contributed by atoms with E-state index in [1.54, 1.807) is 28.4 Å². The second-order valence-corrected chi connectivity index (χ2v) is 7.34. The monoisotopic (exact) mass is 570 g/mol. The molecule has 0 spiro atoms. The topological polar surface area (TPSA) is 67.8 Å². The molecule has 1 aliphatic heterocycles. The van der Waals surface area contributed by atoms with Crippen molar-refractivity contribution in [3.63, 3.8) is 0 Å². The molecule has 3 rings (SSSR count). The van der Waals surface area contributed by atoms with Crippen LogP contribution in [0.5, 0.6) is 23.0 Å². The van der Waals surface area contributed by atoms with E-state index < -0.39 is 0 Å². The van der Waals surface area contributed by atoms with Crippen molar-refractivity contribution in [3.05, 3.63) is 42.0 Å². The molecule has 2 aromatic carbocycles. The van der Waals surface area contributed by atoms with Gasteiger partial charge in [0.05, 0.1) is 35.0 Å². The summed E-state index contributed by atoms with van der Waals surface area (Å²) in [5.74, 6) is 3.65. The first-order valence-electron chi connectivity index (χ1n) is 10.8. The van der Waals surface area contributed by atoms with Gasteiger partial charge in [0.2, 0.25) is 5.75 Å². The Labute approximate surface area is 213 Å². The Balaban J connectivity index is 0.00000385. The van der Waals surface area contributed by atoms with Crippen LogP contribution in [0.1, 0.15) is 12.5 Å². The molecule has 2 aromatic rings. The molecule has 0 atom stereocenters. The van der Waals surface area contributed by atoms with Crippen LogP contribution in [-0.2, 0) is 6.54 Å². The molecular formula is C24H35IN4O4. The van der Waals surface area contributed by atoms with Gasteiger partial charge in [0, 0.05) is 44.0 Å². The first-order chi connectivity index (χ1) is 15.6. The van der Waals surface area contributed by atoms with E-state index in [1.807, 2.05) is 24.3 Å². The van der Waals surface area contributed by atoms with Crippen molar-refractivity contribution in [2.45, 2.75) is 13.5 Å². The third-order valence-corrected chi connectivity index (χ3v) is 5.54. The Kier molecular flexibility index (Phi) is 10.7. The van der Waals surface area contributed by atoms with Gasteiger partial charge in [-0.3, -0.25) is 0 Å². The largest absolute Gasteiger partial charge is 0.497 e. The number of nitrogens with zero attached hydrogens (tertiary/aromatic N) is 3. The van der Waals surface area contributed by atoms with E-state index in [9.17, 15) is 0 Å². The van der Waals surface area contributed by atoms with Gasteiger partial charge in [-0.2, -0.15) is 0 Å². The van der Waals surface area contributed by atoms with Crippen LogP contribution in [0.4, 0.5) is 5.69 Å². The Morgan fingerprint density at radius 1 is 0.848 bits per heavy atom. The summed E-state index contributed by atoms with van der Waals surface area (Å²) in [6, 6.07) is 12.1. The van der Waals surface area contributed by atoms with E-state index in [2.05, 4.69) is 34.2 Å². The van der Waals surface area contributed by atoms with Crippen molar-refractivity contribution in [2.24, 2.45) is 4.99 Å². The van der Waals surface area contributed by atoms with Crippen molar-refractivity contribution < 1.29 is 18.9 Å². The van der Waals surface area contributed by atoms with Gasteiger partial charge in [0.15, 0.2) is 17.5 Å². The van der Waals surface area contributed by atoms with Crippen molar-refractivity contribution in [1.82, 2.24) is 10.2 Å². The second-order valence-electron chi connectivity index (χ2n) is 7.34. The molecule has 182 valence electrons. The smallest absolute Gasteiger partial charge is 0.203 e. The van der Waals surface area contributed by atoms with Crippen LogP contribution in [0.3, 0.4) is 0 Å². The van der Waals surface area contributed by atoms with Crippen molar-refractivity contribution >= 4 is 35.6 Å². The molecule has 1 saturated heterocycles. The van der Waals surface area contributed by atoms with Crippen LogP contribution in [0, 0.1) is 0 Å². The minimum atomic E-state index is 0. The number of rotatable bonds is 8. The van der Waals surface area contributed by atoms with Crippen molar-refractivity contribution in [2.75, 3.05) is 66.1 Å². The lowest BCUT2D eigenvalue weighted by Crippen LogP contribution is -2.52. The number of guanidine groups is 1. The van der Waals surface area contributed by atoms with Gasteiger partial charge in [-0.25, -0.2) is 4.99 Å². The molecule has 1 heterocycles. The number of hydrogen-bond donors (Lipinski definition) is 1. The molecule has 0 aromatic heterocycles. The number of methoxy groups -OCH3 is 4. The Morgan fingerprint density at radius 3 is 2.06 bits per heavy atom. The Morgan fingerprint density at radius 2 is 1.52 bits per heavy atom. The molecule has 0 unspecified atom stereocenters. The maximum atomic E-state index is 5.60. The van der Waals surface area contributed by atoms with Gasteiger partial charge >= 0.3 is 0 Å². The zero-order valence-corrected chi connectivity index (χ0v) is 22.4. The van der Waals surface area contributed by atoms with E-state index in [-0.39, 0.29) is 24.0 Å². The molecule has 8 nitrogen and oxygen atoms in total. The number of anilines is 1. The lowest BCUT2D eigenvalue weighted by molar-refractivity contribution is 0.322. The minimum absolute atomic E-state index is 0. The van der Waals surface area contributed by atoms with Gasteiger partial charge in [-0.1, -0.05) is 0 Å². The van der Waals surface area contributed by atoms with Crippen LogP contribution >= 0.6 is 24.0 Å². The Bertz CT molecular complexity index is 900. The van der Waals surface area contributed by atoms with E-state index in [0.717, 1.165) is 50.0 Å². The van der Waals surface area contributed by atoms with E-state index >= 15 is 0 Å². The average Bonchev–Trinajstić information content (AvgIpc) is 2.86. The highest BCUT2D eigenvalue weighted by atomic mass is 127. The fraction of sp³-hybridized carbons (Fsp3) is 0.458. The number of ether oxygens (including phenoxy) is 4. The third kappa shape index (κ3) is 6.49. The van der Waals surface area contributed by atoms with E-state index in [1.165, 1.54) is 5.69 Å². The van der Waals surface area contributed by atoms with Gasteiger partial charge < -0.3 is 34.1 Å². The molecule has 1 N–H and O–H groups in total. The summed E-state index contributed by atoms with van der Waals surface area (Å²) < 4.78 is 21.7. The number of aliphatic imine (C=N–C) groups is 1. The quantitative estimate of drug-likeness (QED) is 0.296. The normalized spacial score (nSPS) is 13.8. The van der Waals surface area contributed by atoms with Crippen LogP contribution < -0.4 is 29.2 Å². The summed E-state index contributed by atoms with van der Waals surface area (Å²) >= 11 is 0. The summed E-state index contributed by atoms with van der Waals surface area (Å²) in [5.41, 5.74) is 2.15. The highest BCUT2D eigenvalue weighted by Crippen LogP contribution is 2.40. The minimum Gasteiger partial charge on any atom is -0.497 e. The fourth-order valence-electron chi connectivity index (χ4n) is 3.84. The lowest BCUT2D eigenvalue weighted by atomic mass is 10.1. The molecule has 0 radical (unpaired) electrons. The molecule has 1 fully saturated rings. The molecule has 1 aliphatic rings. The number of piperazine rings is 1. The summed E-state index contributed by atoms with van der Waals surface area (Å²) in [6.45, 7) is 7.00. The van der Waals surface area contributed by atoms with Crippen LogP contribution in [0.25, 0.3) is 0 Å². The Hall–Kier alpha value is -2.56. The summed E-state index contributed by atoms with van der Waals surface area (Å²) in [7, 11) is 6.55. The summed E-state index contributed by atoms with van der Waals surface area (Å²) in [6.07, 6.45) is 0. The summed E-state index contributed by atoms with van der Waals surface area (Å²) in [5, 5.41) is 3.43. The van der Waals surface area contributed by atoms with Crippen LogP contribution in [-0.4, -0.2) is 72.0 Å². The zero-order chi connectivity index (χ0) is 22.9. The number of hydrogen-bond acceptors (Lipinski definition) is 6. The van der Waals surface area contributed by atoms with Crippen LogP contribution in [0.2, 0.25) is 0 Å². The van der Waals surface area contributed by atoms with Crippen LogP contribution in [0.15, 0.2) is 41.4 Å². The first-order valence-corrected chi connectivity index (χ1v) is 10.8. The van der Waals surface area contributed by atoms with Crippen molar-refractivity contribution in [1.29, 1.82) is 0 Å². The molecular weight excluding hydrogens is 535 g/mol. The zero-order valence-electron chi connectivity index (χ0n) is 20.1. The predicted molar refractivity (Wildman–Crippen MR) is 143 cm³/mol. The standard InChI is InChI=1S/C24H34N4O4.HI/c1-6-25-24(26-17-18-7-12-21(30-3)23(32-5)22(18)31-4)28-15-13-27(14-16-28)19-8-10-20(29-2)11-9-19;/h7-12H,6,13-17H2,1-5H3,(H,25,26);1H.